The SMILES string of the molecule is CC(C)(C)CC(C)(C)c1ccc(O)c(-c2ccc3nn[nH]c3c2)c1. The highest BCUT2D eigenvalue weighted by atomic mass is 16.3. The van der Waals surface area contributed by atoms with Crippen molar-refractivity contribution >= 4 is 11.0 Å². The van der Waals surface area contributed by atoms with Crippen LogP contribution in [-0.4, -0.2) is 20.5 Å². The lowest BCUT2D eigenvalue weighted by molar-refractivity contribution is 0.284. The first-order valence-corrected chi connectivity index (χ1v) is 8.30. The molecule has 1 heterocycles. The summed E-state index contributed by atoms with van der Waals surface area (Å²) >= 11 is 0. The summed E-state index contributed by atoms with van der Waals surface area (Å²) in [5.74, 6) is 0.289. The summed E-state index contributed by atoms with van der Waals surface area (Å²) in [5, 5.41) is 21.1. The van der Waals surface area contributed by atoms with Gasteiger partial charge in [0.1, 0.15) is 11.3 Å². The molecule has 0 radical (unpaired) electrons. The quantitative estimate of drug-likeness (QED) is 0.709. The van der Waals surface area contributed by atoms with Crippen LogP contribution in [0, 0.1) is 5.41 Å². The molecule has 0 aliphatic rings. The van der Waals surface area contributed by atoms with E-state index < -0.39 is 0 Å². The van der Waals surface area contributed by atoms with Crippen LogP contribution in [0.2, 0.25) is 0 Å². The molecule has 0 aliphatic heterocycles. The number of phenols is 1. The molecule has 2 N–H and O–H groups in total. The molecule has 0 saturated carbocycles. The van der Waals surface area contributed by atoms with E-state index in [0.717, 1.165) is 28.6 Å². The first-order chi connectivity index (χ1) is 11.2. The minimum Gasteiger partial charge on any atom is -0.507 e. The van der Waals surface area contributed by atoms with Crippen LogP contribution in [0.3, 0.4) is 0 Å². The molecule has 3 aromatic rings. The van der Waals surface area contributed by atoms with E-state index in [0.29, 0.717) is 0 Å². The first-order valence-electron chi connectivity index (χ1n) is 8.30. The molecule has 0 spiro atoms. The van der Waals surface area contributed by atoms with Gasteiger partial charge in [-0.05, 0) is 52.6 Å². The predicted molar refractivity (Wildman–Crippen MR) is 98.1 cm³/mol. The van der Waals surface area contributed by atoms with Crippen LogP contribution < -0.4 is 0 Å². The van der Waals surface area contributed by atoms with E-state index in [1.165, 1.54) is 5.56 Å². The van der Waals surface area contributed by atoms with E-state index >= 15 is 0 Å². The van der Waals surface area contributed by atoms with Gasteiger partial charge in [-0.1, -0.05) is 52.0 Å². The third kappa shape index (κ3) is 3.28. The molecule has 0 bridgehead atoms. The first kappa shape index (κ1) is 16.5. The number of nitrogens with one attached hydrogen (secondary N) is 1. The number of benzene rings is 2. The normalized spacial score (nSPS) is 12.7. The van der Waals surface area contributed by atoms with Gasteiger partial charge < -0.3 is 5.11 Å². The molecule has 2 aromatic carbocycles. The average Bonchev–Trinajstić information content (AvgIpc) is 2.92. The van der Waals surface area contributed by atoms with Gasteiger partial charge in [-0.2, -0.15) is 0 Å². The van der Waals surface area contributed by atoms with Crippen molar-refractivity contribution < 1.29 is 5.11 Å². The van der Waals surface area contributed by atoms with Crippen molar-refractivity contribution in [3.05, 3.63) is 42.0 Å². The van der Waals surface area contributed by atoms with Gasteiger partial charge in [0.25, 0.3) is 0 Å². The zero-order valence-electron chi connectivity index (χ0n) is 15.0. The van der Waals surface area contributed by atoms with Crippen LogP contribution in [-0.2, 0) is 5.41 Å². The van der Waals surface area contributed by atoms with Gasteiger partial charge in [-0.15, -0.1) is 5.10 Å². The van der Waals surface area contributed by atoms with Crippen molar-refractivity contribution in [1.82, 2.24) is 15.4 Å². The summed E-state index contributed by atoms with van der Waals surface area (Å²) < 4.78 is 0. The molecular formula is C20H25N3O. The Kier molecular flexibility index (Phi) is 3.86. The predicted octanol–water partition coefficient (Wildman–Crippen LogP) is 5.04. The van der Waals surface area contributed by atoms with E-state index in [-0.39, 0.29) is 16.6 Å². The van der Waals surface area contributed by atoms with Gasteiger partial charge in [-0.3, -0.25) is 5.10 Å². The Bertz CT molecular complexity index is 872. The molecule has 4 nitrogen and oxygen atoms in total. The lowest BCUT2D eigenvalue weighted by atomic mass is 9.72. The van der Waals surface area contributed by atoms with Crippen molar-refractivity contribution in [2.75, 3.05) is 0 Å². The summed E-state index contributed by atoms with van der Waals surface area (Å²) in [4.78, 5) is 0. The van der Waals surface area contributed by atoms with Crippen molar-refractivity contribution in [3.8, 4) is 16.9 Å². The van der Waals surface area contributed by atoms with Crippen LogP contribution in [0.15, 0.2) is 36.4 Å². The number of phenolic OH excluding ortho intramolecular Hbond substituents is 1. The highest BCUT2D eigenvalue weighted by Gasteiger charge is 2.28. The van der Waals surface area contributed by atoms with Crippen LogP contribution in [0.5, 0.6) is 5.75 Å². The van der Waals surface area contributed by atoms with Gasteiger partial charge in [0.15, 0.2) is 0 Å². The minimum atomic E-state index is 0.0281. The lowest BCUT2D eigenvalue weighted by Gasteiger charge is -2.33. The van der Waals surface area contributed by atoms with Crippen molar-refractivity contribution in [1.29, 1.82) is 0 Å². The second-order valence-corrected chi connectivity index (χ2v) is 8.40. The number of aromatic nitrogens is 3. The smallest absolute Gasteiger partial charge is 0.123 e. The molecule has 126 valence electrons. The van der Waals surface area contributed by atoms with Crippen LogP contribution in [0.25, 0.3) is 22.2 Å². The number of aromatic hydroxyl groups is 1. The van der Waals surface area contributed by atoms with Gasteiger partial charge in [0, 0.05) is 5.56 Å². The fourth-order valence-corrected chi connectivity index (χ4v) is 3.63. The van der Waals surface area contributed by atoms with Crippen molar-refractivity contribution in [2.24, 2.45) is 5.41 Å². The van der Waals surface area contributed by atoms with E-state index in [2.05, 4.69) is 56.1 Å². The molecule has 0 fully saturated rings. The fraction of sp³-hybridized carbons (Fsp3) is 0.400. The Morgan fingerprint density at radius 3 is 2.46 bits per heavy atom. The van der Waals surface area contributed by atoms with Gasteiger partial charge in [0.2, 0.25) is 0 Å². The van der Waals surface area contributed by atoms with Gasteiger partial charge in [-0.25, -0.2) is 0 Å². The Hall–Kier alpha value is -2.36. The zero-order valence-corrected chi connectivity index (χ0v) is 15.0. The number of nitrogens with zero attached hydrogens (tertiary/aromatic N) is 2. The summed E-state index contributed by atoms with van der Waals surface area (Å²) in [6.07, 6.45) is 1.06. The fourth-order valence-electron chi connectivity index (χ4n) is 3.63. The van der Waals surface area contributed by atoms with E-state index in [1.807, 2.05) is 24.3 Å². The van der Waals surface area contributed by atoms with Gasteiger partial charge >= 0.3 is 0 Å². The van der Waals surface area contributed by atoms with E-state index in [1.54, 1.807) is 6.07 Å². The molecule has 0 amide bonds. The number of H-pyrrole nitrogens is 1. The second kappa shape index (κ2) is 5.62. The molecule has 0 saturated heterocycles. The molecule has 1 aromatic heterocycles. The van der Waals surface area contributed by atoms with E-state index in [4.69, 9.17) is 0 Å². The summed E-state index contributed by atoms with van der Waals surface area (Å²) in [7, 11) is 0. The number of hydrogen-bond donors (Lipinski definition) is 2. The topological polar surface area (TPSA) is 61.8 Å². The number of hydrogen-bond acceptors (Lipinski definition) is 3. The van der Waals surface area contributed by atoms with Crippen LogP contribution in [0.4, 0.5) is 0 Å². The molecule has 0 aliphatic carbocycles. The summed E-state index contributed by atoms with van der Waals surface area (Å²) in [5.41, 5.74) is 4.98. The third-order valence-electron chi connectivity index (χ3n) is 4.39. The Balaban J connectivity index is 2.05. The lowest BCUT2D eigenvalue weighted by Crippen LogP contribution is -2.24. The molecule has 0 atom stereocenters. The van der Waals surface area contributed by atoms with Crippen LogP contribution >= 0.6 is 0 Å². The average molecular weight is 323 g/mol. The molecule has 4 heteroatoms. The van der Waals surface area contributed by atoms with Crippen molar-refractivity contribution in [3.63, 3.8) is 0 Å². The molecular weight excluding hydrogens is 298 g/mol. The Labute approximate surface area is 142 Å². The Morgan fingerprint density at radius 2 is 1.75 bits per heavy atom. The highest BCUT2D eigenvalue weighted by Crippen LogP contribution is 2.40. The minimum absolute atomic E-state index is 0.0281. The van der Waals surface area contributed by atoms with Crippen molar-refractivity contribution in [2.45, 2.75) is 46.5 Å². The standard InChI is InChI=1S/C20H25N3O/c1-19(2,3)12-20(4,5)14-7-9-18(24)15(11-14)13-6-8-16-17(10-13)22-23-21-16/h6-11,24H,12H2,1-5H3,(H,21,22,23). The number of rotatable bonds is 3. The zero-order chi connectivity index (χ0) is 17.5. The Morgan fingerprint density at radius 1 is 1.00 bits per heavy atom. The highest BCUT2D eigenvalue weighted by molar-refractivity contribution is 5.82. The largest absolute Gasteiger partial charge is 0.507 e. The van der Waals surface area contributed by atoms with Crippen LogP contribution in [0.1, 0.15) is 46.6 Å². The monoisotopic (exact) mass is 323 g/mol. The molecule has 0 unspecified atom stereocenters. The maximum absolute atomic E-state index is 10.4. The number of aromatic amines is 1. The second-order valence-electron chi connectivity index (χ2n) is 8.40. The maximum Gasteiger partial charge on any atom is 0.123 e. The summed E-state index contributed by atoms with van der Waals surface area (Å²) in [6.45, 7) is 11.3. The maximum atomic E-state index is 10.4. The molecule has 24 heavy (non-hydrogen) atoms. The van der Waals surface area contributed by atoms with Gasteiger partial charge in [0.05, 0.1) is 5.52 Å². The number of fused-ring (bicyclic) bond motifs is 1. The molecule has 3 rings (SSSR count). The third-order valence-corrected chi connectivity index (χ3v) is 4.39. The summed E-state index contributed by atoms with van der Waals surface area (Å²) in [6, 6.07) is 11.8. The van der Waals surface area contributed by atoms with E-state index in [9.17, 15) is 5.11 Å².